The fourth-order valence-corrected chi connectivity index (χ4v) is 3.47. The van der Waals surface area contributed by atoms with Crippen LogP contribution >= 0.6 is 0 Å². The smallest absolute Gasteiger partial charge is 0.302 e. The molecule has 1 fully saturated rings. The van der Waals surface area contributed by atoms with Crippen LogP contribution in [0, 0.1) is 0 Å². The Labute approximate surface area is 195 Å². The van der Waals surface area contributed by atoms with Crippen LogP contribution in [0.2, 0.25) is 0 Å². The molecule has 1 rings (SSSR count). The summed E-state index contributed by atoms with van der Waals surface area (Å²) in [5.74, 6) is -1.37. The van der Waals surface area contributed by atoms with Crippen molar-refractivity contribution < 1.29 is 38.1 Å². The molecule has 0 aromatic heterocycles. The predicted octanol–water partition coefficient (Wildman–Crippen LogP) is 0.533. The molecule has 11 nitrogen and oxygen atoms in total. The first-order chi connectivity index (χ1) is 15.7. The van der Waals surface area contributed by atoms with Crippen molar-refractivity contribution in [3.05, 3.63) is 0 Å². The molecule has 1 saturated heterocycles. The highest BCUT2D eigenvalue weighted by Crippen LogP contribution is 2.25. The molecule has 0 radical (unpaired) electrons. The second kappa shape index (κ2) is 16.4. The van der Waals surface area contributed by atoms with Crippen molar-refractivity contribution in [2.75, 3.05) is 26.3 Å². The van der Waals surface area contributed by atoms with Crippen molar-refractivity contribution in [1.82, 2.24) is 10.6 Å². The summed E-state index contributed by atoms with van der Waals surface area (Å²) in [5, 5.41) is 5.59. The molecule has 190 valence electrons. The summed E-state index contributed by atoms with van der Waals surface area (Å²) in [4.78, 5) is 46.4. The number of amides is 2. The fourth-order valence-electron chi connectivity index (χ4n) is 3.47. The lowest BCUT2D eigenvalue weighted by Crippen LogP contribution is -2.59. The number of ether oxygens (including phenoxy) is 4. The Bertz CT molecular complexity index is 631. The van der Waals surface area contributed by atoms with Crippen LogP contribution in [0.3, 0.4) is 0 Å². The van der Waals surface area contributed by atoms with Crippen LogP contribution in [0.5, 0.6) is 0 Å². The highest BCUT2D eigenvalue weighted by molar-refractivity contribution is 5.75. The van der Waals surface area contributed by atoms with Gasteiger partial charge in [-0.1, -0.05) is 12.8 Å². The molecule has 0 spiro atoms. The van der Waals surface area contributed by atoms with E-state index in [1.54, 1.807) is 0 Å². The zero-order chi connectivity index (χ0) is 24.6. The van der Waals surface area contributed by atoms with Crippen molar-refractivity contribution in [1.29, 1.82) is 0 Å². The quantitative estimate of drug-likeness (QED) is 0.228. The van der Waals surface area contributed by atoms with Crippen molar-refractivity contribution in [3.63, 3.8) is 0 Å². The van der Waals surface area contributed by atoms with Gasteiger partial charge in [-0.25, -0.2) is 0 Å². The van der Waals surface area contributed by atoms with E-state index in [-0.39, 0.29) is 37.9 Å². The maximum atomic E-state index is 12.0. The second-order valence-electron chi connectivity index (χ2n) is 8.07. The molecule has 0 aromatic rings. The highest BCUT2D eigenvalue weighted by atomic mass is 16.7. The number of nitrogens with one attached hydrogen (secondary N) is 2. The maximum absolute atomic E-state index is 12.0. The number of hydrogen-bond donors (Lipinski definition) is 3. The topological polar surface area (TPSA) is 155 Å². The van der Waals surface area contributed by atoms with Gasteiger partial charge in [-0.05, 0) is 25.8 Å². The fraction of sp³-hybridized carbons (Fsp3) is 0.818. The standard InChI is InChI=1S/C22H39N3O8/c1-15(26)25-21-19(32-17(3)28)13-18(14-31-16(2)27)33-22(21)30-12-8-9-20(29)24-11-7-5-4-6-10-23/h18-19,21-22H,4-14,23H2,1-3H3,(H,24,29)(H,25,26). The van der Waals surface area contributed by atoms with Crippen LogP contribution in [0.25, 0.3) is 0 Å². The summed E-state index contributed by atoms with van der Waals surface area (Å²) in [7, 11) is 0. The molecule has 33 heavy (non-hydrogen) atoms. The van der Waals surface area contributed by atoms with Gasteiger partial charge in [0.25, 0.3) is 0 Å². The van der Waals surface area contributed by atoms with E-state index in [2.05, 4.69) is 10.6 Å². The van der Waals surface area contributed by atoms with Crippen molar-refractivity contribution in [2.24, 2.45) is 5.73 Å². The van der Waals surface area contributed by atoms with Gasteiger partial charge in [0, 0.05) is 40.2 Å². The van der Waals surface area contributed by atoms with Gasteiger partial charge >= 0.3 is 11.9 Å². The molecule has 1 heterocycles. The Morgan fingerprint density at radius 1 is 1.00 bits per heavy atom. The molecule has 2 amide bonds. The minimum Gasteiger partial charge on any atom is -0.463 e. The zero-order valence-electron chi connectivity index (χ0n) is 19.9. The van der Waals surface area contributed by atoms with Crippen molar-refractivity contribution in [2.45, 2.75) is 90.3 Å². The average molecular weight is 474 g/mol. The summed E-state index contributed by atoms with van der Waals surface area (Å²) in [6, 6.07) is -0.734. The summed E-state index contributed by atoms with van der Waals surface area (Å²) in [5.41, 5.74) is 5.46. The van der Waals surface area contributed by atoms with Crippen molar-refractivity contribution >= 4 is 23.8 Å². The lowest BCUT2D eigenvalue weighted by atomic mass is 9.99. The maximum Gasteiger partial charge on any atom is 0.302 e. The predicted molar refractivity (Wildman–Crippen MR) is 119 cm³/mol. The number of esters is 2. The average Bonchev–Trinajstić information content (AvgIpc) is 2.73. The molecule has 11 heteroatoms. The van der Waals surface area contributed by atoms with E-state index >= 15 is 0 Å². The Morgan fingerprint density at radius 2 is 1.73 bits per heavy atom. The van der Waals surface area contributed by atoms with E-state index in [0.717, 1.165) is 25.7 Å². The minimum atomic E-state index is -0.932. The summed E-state index contributed by atoms with van der Waals surface area (Å²) < 4.78 is 22.1. The number of nitrogens with two attached hydrogens (primary N) is 1. The van der Waals surface area contributed by atoms with Gasteiger partial charge in [-0.3, -0.25) is 19.2 Å². The third-order valence-electron chi connectivity index (χ3n) is 4.96. The lowest BCUT2D eigenvalue weighted by Gasteiger charge is -2.40. The molecule has 4 N–H and O–H groups in total. The molecule has 1 aliphatic heterocycles. The van der Waals surface area contributed by atoms with Gasteiger partial charge in [0.05, 0.1) is 12.7 Å². The first kappa shape index (κ1) is 28.8. The van der Waals surface area contributed by atoms with Crippen LogP contribution in [0.15, 0.2) is 0 Å². The Balaban J connectivity index is 2.55. The molecule has 4 atom stereocenters. The number of carbonyl (C=O) groups excluding carboxylic acids is 4. The number of unbranched alkanes of at least 4 members (excludes halogenated alkanes) is 3. The Hall–Kier alpha value is -2.24. The lowest BCUT2D eigenvalue weighted by molar-refractivity contribution is -0.243. The van der Waals surface area contributed by atoms with E-state index in [1.807, 2.05) is 0 Å². The monoisotopic (exact) mass is 473 g/mol. The van der Waals surface area contributed by atoms with Crippen LogP contribution in [0.4, 0.5) is 0 Å². The molecule has 0 aliphatic carbocycles. The molecule has 0 bridgehead atoms. The first-order valence-electron chi connectivity index (χ1n) is 11.5. The number of hydrogen-bond acceptors (Lipinski definition) is 9. The van der Waals surface area contributed by atoms with E-state index < -0.39 is 36.5 Å². The largest absolute Gasteiger partial charge is 0.463 e. The Kier molecular flexibility index (Phi) is 14.3. The van der Waals surface area contributed by atoms with E-state index in [0.29, 0.717) is 19.5 Å². The van der Waals surface area contributed by atoms with Gasteiger partial charge < -0.3 is 35.3 Å². The summed E-state index contributed by atoms with van der Waals surface area (Å²) in [6.07, 6.45) is 2.73. The second-order valence-corrected chi connectivity index (χ2v) is 8.07. The molecule has 0 aromatic carbocycles. The van der Waals surface area contributed by atoms with Crippen LogP contribution in [-0.4, -0.2) is 74.6 Å². The molecule has 4 unspecified atom stereocenters. The SMILES string of the molecule is CC(=O)NC1C(OC(C)=O)CC(COC(C)=O)OC1OCCCC(=O)NCCCCCCN. The van der Waals surface area contributed by atoms with Crippen LogP contribution < -0.4 is 16.4 Å². The van der Waals surface area contributed by atoms with E-state index in [4.69, 9.17) is 24.7 Å². The van der Waals surface area contributed by atoms with Crippen molar-refractivity contribution in [3.8, 4) is 0 Å². The summed E-state index contributed by atoms with van der Waals surface area (Å²) >= 11 is 0. The van der Waals surface area contributed by atoms with Gasteiger partial charge in [0.1, 0.15) is 18.8 Å². The highest BCUT2D eigenvalue weighted by Gasteiger charge is 2.42. The van der Waals surface area contributed by atoms with E-state index in [9.17, 15) is 19.2 Å². The van der Waals surface area contributed by atoms with Crippen LogP contribution in [0.1, 0.15) is 65.7 Å². The summed E-state index contributed by atoms with van der Waals surface area (Å²) in [6.45, 7) is 5.37. The van der Waals surface area contributed by atoms with Gasteiger partial charge in [0.15, 0.2) is 6.29 Å². The minimum absolute atomic E-state index is 0.0343. The van der Waals surface area contributed by atoms with Gasteiger partial charge in [-0.2, -0.15) is 0 Å². The normalized spacial score (nSPS) is 22.3. The Morgan fingerprint density at radius 3 is 2.36 bits per heavy atom. The van der Waals surface area contributed by atoms with Crippen LogP contribution in [-0.2, 0) is 38.1 Å². The van der Waals surface area contributed by atoms with Gasteiger partial charge in [-0.15, -0.1) is 0 Å². The number of carbonyl (C=O) groups is 4. The molecular weight excluding hydrogens is 434 g/mol. The first-order valence-corrected chi connectivity index (χ1v) is 11.5. The third-order valence-corrected chi connectivity index (χ3v) is 4.96. The zero-order valence-corrected chi connectivity index (χ0v) is 19.9. The molecular formula is C22H39N3O8. The third kappa shape index (κ3) is 13.2. The van der Waals surface area contributed by atoms with Gasteiger partial charge in [0.2, 0.25) is 11.8 Å². The molecule has 1 aliphatic rings. The van der Waals surface area contributed by atoms with E-state index in [1.165, 1.54) is 20.8 Å². The number of rotatable bonds is 15. The molecule has 0 saturated carbocycles.